The van der Waals surface area contributed by atoms with Gasteiger partial charge in [-0.2, -0.15) is 0 Å². The number of amides is 2. The molecule has 2 rings (SSSR count). The molecular weight excluding hydrogens is 254 g/mol. The summed E-state index contributed by atoms with van der Waals surface area (Å²) in [4.78, 5) is 15.6. The van der Waals surface area contributed by atoms with Crippen molar-refractivity contribution in [3.8, 4) is 0 Å². The molecule has 0 unspecified atom stereocenters. The average Bonchev–Trinajstić information content (AvgIpc) is 2.53. The molecule has 0 radical (unpaired) electrons. The number of pyridine rings is 1. The first-order chi connectivity index (χ1) is 8.39. The van der Waals surface area contributed by atoms with E-state index in [4.69, 9.17) is 0 Å². The van der Waals surface area contributed by atoms with Crippen LogP contribution in [0.2, 0.25) is 0 Å². The maximum absolute atomic E-state index is 11.7. The number of nitrogens with zero attached hydrogens (tertiary/aromatic N) is 1. The summed E-state index contributed by atoms with van der Waals surface area (Å²) in [6.07, 6.45) is 3.57. The number of aromatic nitrogens is 1. The van der Waals surface area contributed by atoms with Gasteiger partial charge in [0.2, 0.25) is 0 Å². The molecule has 7 heteroatoms. The van der Waals surface area contributed by atoms with Gasteiger partial charge in [0.1, 0.15) is 0 Å². The Bertz CT molecular complexity index is 544. The van der Waals surface area contributed by atoms with Crippen LogP contribution in [0.5, 0.6) is 0 Å². The summed E-state index contributed by atoms with van der Waals surface area (Å²) in [6, 6.07) is 3.00. The van der Waals surface area contributed by atoms with E-state index >= 15 is 0 Å². The Kier molecular flexibility index (Phi) is 3.25. The van der Waals surface area contributed by atoms with E-state index in [1.165, 1.54) is 6.20 Å². The van der Waals surface area contributed by atoms with E-state index in [0.29, 0.717) is 12.1 Å². The van der Waals surface area contributed by atoms with Gasteiger partial charge in [-0.15, -0.1) is 0 Å². The smallest absolute Gasteiger partial charge is 0.319 e. The fourth-order valence-corrected chi connectivity index (χ4v) is 4.08. The predicted molar refractivity (Wildman–Crippen MR) is 68.1 cm³/mol. The second-order valence-electron chi connectivity index (χ2n) is 4.72. The second kappa shape index (κ2) is 4.56. The number of hydrogen-bond acceptors (Lipinski definition) is 4. The van der Waals surface area contributed by atoms with Crippen molar-refractivity contribution >= 4 is 21.6 Å². The van der Waals surface area contributed by atoms with Gasteiger partial charge in [-0.05, 0) is 25.5 Å². The molecule has 6 nitrogen and oxygen atoms in total. The number of carbonyl (C=O) groups is 1. The Morgan fingerprint density at radius 2 is 2.28 bits per heavy atom. The van der Waals surface area contributed by atoms with E-state index < -0.39 is 21.4 Å². The lowest BCUT2D eigenvalue weighted by molar-refractivity contribution is 0.242. The Labute approximate surface area is 106 Å². The molecule has 1 aromatic heterocycles. The standard InChI is InChI=1S/C11H15N3O3S/c1-11(4-6-18(16,17)8-11)14-10(15)13-9-3-2-5-12-7-9/h2-3,5,7H,4,6,8H2,1H3,(H2,13,14,15)/t11-/m0/s1. The Hall–Kier alpha value is -1.63. The van der Waals surface area contributed by atoms with Crippen LogP contribution in [0, 0.1) is 0 Å². The topological polar surface area (TPSA) is 88.2 Å². The van der Waals surface area contributed by atoms with Crippen LogP contribution in [0.15, 0.2) is 24.5 Å². The van der Waals surface area contributed by atoms with Crippen molar-refractivity contribution in [1.29, 1.82) is 0 Å². The molecule has 1 atom stereocenters. The third-order valence-electron chi connectivity index (χ3n) is 2.84. The fraction of sp³-hybridized carbons (Fsp3) is 0.455. The summed E-state index contributed by atoms with van der Waals surface area (Å²) in [5, 5.41) is 5.32. The van der Waals surface area contributed by atoms with Gasteiger partial charge in [0.05, 0.1) is 28.9 Å². The van der Waals surface area contributed by atoms with Crippen molar-refractivity contribution in [3.63, 3.8) is 0 Å². The Morgan fingerprint density at radius 3 is 2.83 bits per heavy atom. The normalized spacial score (nSPS) is 25.6. The van der Waals surface area contributed by atoms with Crippen LogP contribution in [0.4, 0.5) is 10.5 Å². The third kappa shape index (κ3) is 3.19. The molecule has 18 heavy (non-hydrogen) atoms. The zero-order valence-electron chi connectivity index (χ0n) is 10.0. The molecule has 0 bridgehead atoms. The fourth-order valence-electron chi connectivity index (χ4n) is 1.98. The molecule has 1 fully saturated rings. The van der Waals surface area contributed by atoms with E-state index in [-0.39, 0.29) is 11.5 Å². The monoisotopic (exact) mass is 269 g/mol. The number of sulfone groups is 1. The molecule has 2 amide bonds. The van der Waals surface area contributed by atoms with Crippen LogP contribution >= 0.6 is 0 Å². The lowest BCUT2D eigenvalue weighted by atomic mass is 10.0. The molecule has 0 saturated carbocycles. The van der Waals surface area contributed by atoms with Crippen LogP contribution in [-0.2, 0) is 9.84 Å². The van der Waals surface area contributed by atoms with Crippen LogP contribution in [0.3, 0.4) is 0 Å². The number of hydrogen-bond donors (Lipinski definition) is 2. The minimum Gasteiger partial charge on any atom is -0.332 e. The number of rotatable bonds is 2. The van der Waals surface area contributed by atoms with Gasteiger partial charge in [0, 0.05) is 6.20 Å². The first-order valence-electron chi connectivity index (χ1n) is 5.58. The molecular formula is C11H15N3O3S. The maximum Gasteiger partial charge on any atom is 0.319 e. The number of carbonyl (C=O) groups excluding carboxylic acids is 1. The van der Waals surface area contributed by atoms with Gasteiger partial charge >= 0.3 is 6.03 Å². The summed E-state index contributed by atoms with van der Waals surface area (Å²) in [7, 11) is -3.03. The molecule has 2 heterocycles. The van der Waals surface area contributed by atoms with Crippen molar-refractivity contribution in [3.05, 3.63) is 24.5 Å². The highest BCUT2D eigenvalue weighted by molar-refractivity contribution is 7.91. The molecule has 0 aliphatic carbocycles. The average molecular weight is 269 g/mol. The van der Waals surface area contributed by atoms with Crippen molar-refractivity contribution in [2.45, 2.75) is 18.9 Å². The minimum absolute atomic E-state index is 0.0134. The minimum atomic E-state index is -3.03. The highest BCUT2D eigenvalue weighted by Gasteiger charge is 2.39. The van der Waals surface area contributed by atoms with E-state index in [1.807, 2.05) is 0 Å². The van der Waals surface area contributed by atoms with E-state index in [0.717, 1.165) is 0 Å². The summed E-state index contributed by atoms with van der Waals surface area (Å²) in [5.74, 6) is 0.108. The highest BCUT2D eigenvalue weighted by Crippen LogP contribution is 2.22. The second-order valence-corrected chi connectivity index (χ2v) is 6.91. The summed E-state index contributed by atoms with van der Waals surface area (Å²) in [6.45, 7) is 1.74. The lowest BCUT2D eigenvalue weighted by Crippen LogP contribution is -2.48. The SMILES string of the molecule is C[C@]1(NC(=O)Nc2cccnc2)CCS(=O)(=O)C1. The zero-order chi connectivity index (χ0) is 13.2. The maximum atomic E-state index is 11.7. The molecule has 0 spiro atoms. The van der Waals surface area contributed by atoms with Crippen LogP contribution in [0.1, 0.15) is 13.3 Å². The van der Waals surface area contributed by atoms with E-state index in [9.17, 15) is 13.2 Å². The number of anilines is 1. The first-order valence-corrected chi connectivity index (χ1v) is 7.40. The third-order valence-corrected chi connectivity index (χ3v) is 4.74. The molecule has 2 N–H and O–H groups in total. The van der Waals surface area contributed by atoms with Crippen molar-refractivity contribution in [1.82, 2.24) is 10.3 Å². The highest BCUT2D eigenvalue weighted by atomic mass is 32.2. The van der Waals surface area contributed by atoms with Gasteiger partial charge in [-0.3, -0.25) is 4.98 Å². The van der Waals surface area contributed by atoms with Crippen molar-refractivity contribution in [2.75, 3.05) is 16.8 Å². The van der Waals surface area contributed by atoms with E-state index in [2.05, 4.69) is 15.6 Å². The molecule has 1 aliphatic heterocycles. The van der Waals surface area contributed by atoms with Gasteiger partial charge in [0.25, 0.3) is 0 Å². The van der Waals surface area contributed by atoms with Gasteiger partial charge in [-0.1, -0.05) is 0 Å². The van der Waals surface area contributed by atoms with Gasteiger partial charge in [-0.25, -0.2) is 13.2 Å². The summed E-state index contributed by atoms with van der Waals surface area (Å²) < 4.78 is 22.8. The van der Waals surface area contributed by atoms with Crippen LogP contribution in [0.25, 0.3) is 0 Å². The van der Waals surface area contributed by atoms with E-state index in [1.54, 1.807) is 25.3 Å². The Morgan fingerprint density at radius 1 is 1.50 bits per heavy atom. The zero-order valence-corrected chi connectivity index (χ0v) is 10.8. The van der Waals surface area contributed by atoms with Crippen molar-refractivity contribution in [2.24, 2.45) is 0 Å². The van der Waals surface area contributed by atoms with Crippen molar-refractivity contribution < 1.29 is 13.2 Å². The van der Waals surface area contributed by atoms with Gasteiger partial charge < -0.3 is 10.6 Å². The number of nitrogens with one attached hydrogen (secondary N) is 2. The first kappa shape index (κ1) is 12.8. The van der Waals surface area contributed by atoms with Crippen LogP contribution in [-0.4, -0.2) is 36.5 Å². The Balaban J connectivity index is 1.96. The predicted octanol–water partition coefficient (Wildman–Crippen LogP) is 0.780. The summed E-state index contributed by atoms with van der Waals surface area (Å²) >= 11 is 0. The van der Waals surface area contributed by atoms with Crippen LogP contribution < -0.4 is 10.6 Å². The lowest BCUT2D eigenvalue weighted by Gasteiger charge is -2.23. The quantitative estimate of drug-likeness (QED) is 0.830. The number of urea groups is 1. The molecule has 1 aliphatic rings. The van der Waals surface area contributed by atoms with Gasteiger partial charge in [0.15, 0.2) is 9.84 Å². The molecule has 1 aromatic rings. The summed E-state index contributed by atoms with van der Waals surface area (Å²) in [5.41, 5.74) is -0.120. The molecule has 98 valence electrons. The molecule has 0 aromatic carbocycles. The largest absolute Gasteiger partial charge is 0.332 e. The molecule has 1 saturated heterocycles.